The van der Waals surface area contributed by atoms with Crippen molar-refractivity contribution in [1.82, 2.24) is 20.4 Å². The molecule has 160 valence electrons. The summed E-state index contributed by atoms with van der Waals surface area (Å²) in [4.78, 5) is 39.9. The highest BCUT2D eigenvalue weighted by Gasteiger charge is 2.34. The molecule has 30 heavy (non-hydrogen) atoms. The van der Waals surface area contributed by atoms with Crippen LogP contribution in [-0.4, -0.2) is 65.4 Å². The average molecular weight is 412 g/mol. The van der Waals surface area contributed by atoms with Crippen LogP contribution in [0.25, 0.3) is 0 Å². The van der Waals surface area contributed by atoms with E-state index in [2.05, 4.69) is 36.3 Å². The molecule has 8 heteroatoms. The van der Waals surface area contributed by atoms with Crippen LogP contribution in [0.5, 0.6) is 0 Å². The van der Waals surface area contributed by atoms with E-state index in [4.69, 9.17) is 0 Å². The molecule has 1 atom stereocenters. The fraction of sp³-hybridized carbons (Fsp3) is 0.409. The summed E-state index contributed by atoms with van der Waals surface area (Å²) in [6.45, 7) is 8.43. The number of aryl methyl sites for hydroxylation is 1. The van der Waals surface area contributed by atoms with Gasteiger partial charge in [-0.3, -0.25) is 14.5 Å². The molecule has 0 saturated heterocycles. The fourth-order valence-electron chi connectivity index (χ4n) is 2.71. The lowest BCUT2D eigenvalue weighted by Crippen LogP contribution is -2.51. The SMILES string of the molecule is CNC(C)(C)C.Cc1ccc(N2C(=O)c3cnncc3C(=O)N(C)CC2C=O)cc1. The molecule has 1 aliphatic rings. The number of hydrogen-bond acceptors (Lipinski definition) is 6. The van der Waals surface area contributed by atoms with Gasteiger partial charge in [-0.15, -0.1) is 0 Å². The van der Waals surface area contributed by atoms with Crippen LogP contribution >= 0.6 is 0 Å². The highest BCUT2D eigenvalue weighted by molar-refractivity contribution is 6.15. The quantitative estimate of drug-likeness (QED) is 0.761. The maximum absolute atomic E-state index is 13.0. The molecule has 1 unspecified atom stereocenters. The van der Waals surface area contributed by atoms with Crippen LogP contribution in [0.4, 0.5) is 5.69 Å². The number of likely N-dealkylation sites (N-methyl/N-ethyl adjacent to an activating group) is 1. The van der Waals surface area contributed by atoms with Crippen molar-refractivity contribution >= 4 is 23.8 Å². The number of anilines is 1. The maximum atomic E-state index is 13.0. The minimum Gasteiger partial charge on any atom is -0.339 e. The second-order valence-corrected chi connectivity index (χ2v) is 8.22. The van der Waals surface area contributed by atoms with Crippen molar-refractivity contribution in [2.75, 3.05) is 25.5 Å². The molecule has 2 heterocycles. The first-order chi connectivity index (χ1) is 14.1. The fourth-order valence-corrected chi connectivity index (χ4v) is 2.71. The Morgan fingerprint density at radius 2 is 1.53 bits per heavy atom. The molecule has 3 rings (SSSR count). The molecule has 0 saturated carbocycles. The van der Waals surface area contributed by atoms with Crippen molar-refractivity contribution in [3.63, 3.8) is 0 Å². The molecule has 1 aromatic heterocycles. The lowest BCUT2D eigenvalue weighted by Gasteiger charge is -2.34. The van der Waals surface area contributed by atoms with Gasteiger partial charge in [-0.05, 0) is 46.9 Å². The smallest absolute Gasteiger partial charge is 0.261 e. The Hall–Kier alpha value is -3.13. The Balaban J connectivity index is 0.000000469. The average Bonchev–Trinajstić information content (AvgIpc) is 2.73. The Kier molecular flexibility index (Phi) is 7.39. The Morgan fingerprint density at radius 3 is 2.00 bits per heavy atom. The second-order valence-electron chi connectivity index (χ2n) is 8.22. The second kappa shape index (κ2) is 9.58. The molecule has 8 nitrogen and oxygen atoms in total. The molecule has 1 aliphatic heterocycles. The summed E-state index contributed by atoms with van der Waals surface area (Å²) in [7, 11) is 3.55. The molecule has 0 bridgehead atoms. The third-order valence-corrected chi connectivity index (χ3v) is 4.77. The number of rotatable bonds is 2. The Morgan fingerprint density at radius 1 is 1.03 bits per heavy atom. The van der Waals surface area contributed by atoms with Gasteiger partial charge in [0.1, 0.15) is 12.3 Å². The number of fused-ring (bicyclic) bond motifs is 1. The number of amides is 2. The molecule has 1 aromatic carbocycles. The predicted octanol–water partition coefficient (Wildman–Crippen LogP) is 2.09. The van der Waals surface area contributed by atoms with Crippen LogP contribution in [0.2, 0.25) is 0 Å². The van der Waals surface area contributed by atoms with E-state index in [1.165, 1.54) is 22.2 Å². The van der Waals surface area contributed by atoms with Crippen LogP contribution in [0, 0.1) is 6.92 Å². The number of carbonyl (C=O) groups is 3. The largest absolute Gasteiger partial charge is 0.339 e. The summed E-state index contributed by atoms with van der Waals surface area (Å²) in [6, 6.07) is 6.51. The minimum atomic E-state index is -0.782. The lowest BCUT2D eigenvalue weighted by atomic mass is 10.0. The molecule has 1 N–H and O–H groups in total. The van der Waals surface area contributed by atoms with E-state index in [0.717, 1.165) is 5.56 Å². The maximum Gasteiger partial charge on any atom is 0.261 e. The Labute approximate surface area is 177 Å². The summed E-state index contributed by atoms with van der Waals surface area (Å²) in [5.41, 5.74) is 2.24. The Bertz CT molecular complexity index is 906. The van der Waals surface area contributed by atoms with Gasteiger partial charge < -0.3 is 15.0 Å². The van der Waals surface area contributed by atoms with Gasteiger partial charge in [-0.25, -0.2) is 0 Å². The van der Waals surface area contributed by atoms with E-state index >= 15 is 0 Å². The first kappa shape index (κ1) is 23.2. The van der Waals surface area contributed by atoms with Crippen molar-refractivity contribution in [1.29, 1.82) is 0 Å². The zero-order chi connectivity index (χ0) is 22.5. The summed E-state index contributed by atoms with van der Waals surface area (Å²) < 4.78 is 0. The normalized spacial score (nSPS) is 16.8. The molecule has 2 amide bonds. The molecule has 0 radical (unpaired) electrons. The van der Waals surface area contributed by atoms with Crippen LogP contribution in [-0.2, 0) is 4.79 Å². The van der Waals surface area contributed by atoms with Gasteiger partial charge in [0.05, 0.1) is 23.5 Å². The van der Waals surface area contributed by atoms with E-state index in [1.54, 1.807) is 19.2 Å². The van der Waals surface area contributed by atoms with E-state index < -0.39 is 11.9 Å². The molecule has 0 spiro atoms. The summed E-state index contributed by atoms with van der Waals surface area (Å²) in [5.74, 6) is -0.800. The number of hydrogen-bond donors (Lipinski definition) is 1. The van der Waals surface area contributed by atoms with E-state index in [9.17, 15) is 14.4 Å². The van der Waals surface area contributed by atoms with E-state index in [0.29, 0.717) is 17.5 Å². The number of carbonyl (C=O) groups excluding carboxylic acids is 3. The van der Waals surface area contributed by atoms with Gasteiger partial charge in [-0.1, -0.05) is 17.7 Å². The number of nitrogens with zero attached hydrogens (tertiary/aromatic N) is 4. The minimum absolute atomic E-state index is 0.101. The van der Waals surface area contributed by atoms with Crippen LogP contribution in [0.3, 0.4) is 0 Å². The summed E-state index contributed by atoms with van der Waals surface area (Å²) >= 11 is 0. The monoisotopic (exact) mass is 411 g/mol. The van der Waals surface area contributed by atoms with Crippen molar-refractivity contribution in [2.24, 2.45) is 0 Å². The zero-order valence-corrected chi connectivity index (χ0v) is 18.3. The van der Waals surface area contributed by atoms with Gasteiger partial charge in [0.25, 0.3) is 11.8 Å². The van der Waals surface area contributed by atoms with Crippen LogP contribution < -0.4 is 10.2 Å². The predicted molar refractivity (Wildman–Crippen MR) is 116 cm³/mol. The highest BCUT2D eigenvalue weighted by atomic mass is 16.2. The highest BCUT2D eigenvalue weighted by Crippen LogP contribution is 2.24. The zero-order valence-electron chi connectivity index (χ0n) is 18.3. The standard InChI is InChI=1S/C17H16N4O3.C5H13N/c1-11-3-5-12(6-4-11)21-13(10-22)9-20(2)16(23)14-7-18-19-8-15(14)17(21)24;1-5(2,3)6-4/h3-8,10,13H,9H2,1-2H3;6H,1-4H3. The van der Waals surface area contributed by atoms with Crippen LogP contribution in [0.1, 0.15) is 47.1 Å². The number of aldehydes is 1. The first-order valence-electron chi connectivity index (χ1n) is 9.69. The first-order valence-corrected chi connectivity index (χ1v) is 9.69. The lowest BCUT2D eigenvalue weighted by molar-refractivity contribution is -0.109. The van der Waals surface area contributed by atoms with Gasteiger partial charge in [0.2, 0.25) is 0 Å². The third kappa shape index (κ3) is 5.48. The number of aromatic nitrogens is 2. The number of benzene rings is 1. The van der Waals surface area contributed by atoms with Gasteiger partial charge in [0, 0.05) is 24.8 Å². The molecular weight excluding hydrogens is 382 g/mol. The summed E-state index contributed by atoms with van der Waals surface area (Å²) in [6.07, 6.45) is 3.22. The topological polar surface area (TPSA) is 95.5 Å². The molecule has 2 aromatic rings. The van der Waals surface area contributed by atoms with Crippen LogP contribution in [0.15, 0.2) is 36.7 Å². The summed E-state index contributed by atoms with van der Waals surface area (Å²) in [5, 5.41) is 10.5. The molecular formula is C22H29N5O3. The van der Waals surface area contributed by atoms with Gasteiger partial charge in [0.15, 0.2) is 0 Å². The van der Waals surface area contributed by atoms with Crippen molar-refractivity contribution < 1.29 is 14.4 Å². The van der Waals surface area contributed by atoms with Gasteiger partial charge >= 0.3 is 0 Å². The number of nitrogens with one attached hydrogen (secondary N) is 1. The molecule has 0 fully saturated rings. The van der Waals surface area contributed by atoms with Crippen molar-refractivity contribution in [2.45, 2.75) is 39.3 Å². The molecule has 0 aliphatic carbocycles. The van der Waals surface area contributed by atoms with E-state index in [-0.39, 0.29) is 23.6 Å². The van der Waals surface area contributed by atoms with Gasteiger partial charge in [-0.2, -0.15) is 10.2 Å². The van der Waals surface area contributed by atoms with Crippen molar-refractivity contribution in [3.05, 3.63) is 53.3 Å². The van der Waals surface area contributed by atoms with Crippen molar-refractivity contribution in [3.8, 4) is 0 Å². The third-order valence-electron chi connectivity index (χ3n) is 4.77. The van der Waals surface area contributed by atoms with E-state index in [1.807, 2.05) is 26.1 Å².